The van der Waals surface area contributed by atoms with E-state index in [1.807, 2.05) is 0 Å². The molecular weight excluding hydrogens is 238 g/mol. The molecule has 0 fully saturated rings. The van der Waals surface area contributed by atoms with E-state index in [1.54, 1.807) is 6.92 Å². The Bertz CT molecular complexity index is 422. The van der Waals surface area contributed by atoms with Crippen LogP contribution in [0.2, 0.25) is 5.02 Å². The smallest absolute Gasteiger partial charge is 0.273 e. The molecule has 1 atom stereocenters. The Labute approximate surface area is 96.8 Å². The minimum atomic E-state index is -0.646. The third-order valence-electron chi connectivity index (χ3n) is 2.02. The molecule has 0 spiro atoms. The number of nitro groups is 1. The molecule has 0 aliphatic rings. The first kappa shape index (κ1) is 12.0. The molecular formula is C9H8ClNO3S. The van der Waals surface area contributed by atoms with E-state index in [-0.39, 0.29) is 11.3 Å². The molecule has 0 amide bonds. The summed E-state index contributed by atoms with van der Waals surface area (Å²) >= 11 is 9.36. The Kier molecular flexibility index (Phi) is 3.71. The van der Waals surface area contributed by atoms with Crippen LogP contribution in [0.15, 0.2) is 18.2 Å². The van der Waals surface area contributed by atoms with Gasteiger partial charge in [-0.2, -0.15) is 0 Å². The summed E-state index contributed by atoms with van der Waals surface area (Å²) < 4.78 is 0. The predicted octanol–water partition coefficient (Wildman–Crippen LogP) is 2.81. The van der Waals surface area contributed by atoms with Crippen molar-refractivity contribution in [3.05, 3.63) is 38.9 Å². The third kappa shape index (κ3) is 2.70. The van der Waals surface area contributed by atoms with Crippen LogP contribution in [0.1, 0.15) is 18.4 Å². The second kappa shape index (κ2) is 4.63. The Morgan fingerprint density at radius 1 is 1.60 bits per heavy atom. The van der Waals surface area contributed by atoms with Crippen molar-refractivity contribution in [3.8, 4) is 0 Å². The monoisotopic (exact) mass is 245 g/mol. The van der Waals surface area contributed by atoms with Gasteiger partial charge < -0.3 is 0 Å². The van der Waals surface area contributed by atoms with E-state index in [2.05, 4.69) is 12.6 Å². The average molecular weight is 246 g/mol. The van der Waals surface area contributed by atoms with Gasteiger partial charge in [-0.25, -0.2) is 0 Å². The normalized spacial score (nSPS) is 12.2. The molecule has 0 saturated heterocycles. The lowest BCUT2D eigenvalue weighted by molar-refractivity contribution is -0.385. The standard InChI is InChI=1S/C9H8ClNO3S/c1-5(9(12)15)7-4-6(10)2-3-8(7)11(13)14/h2-5H,1H3,(H,12,15). The van der Waals surface area contributed by atoms with Crippen molar-refractivity contribution >= 4 is 35.0 Å². The fraction of sp³-hybridized carbons (Fsp3) is 0.222. The van der Waals surface area contributed by atoms with Gasteiger partial charge in [0.1, 0.15) is 0 Å². The van der Waals surface area contributed by atoms with E-state index in [1.165, 1.54) is 18.2 Å². The van der Waals surface area contributed by atoms with Gasteiger partial charge in [0.25, 0.3) is 5.69 Å². The van der Waals surface area contributed by atoms with Crippen LogP contribution in [0.5, 0.6) is 0 Å². The number of nitrogens with zero attached hydrogens (tertiary/aromatic N) is 1. The topological polar surface area (TPSA) is 60.2 Å². The van der Waals surface area contributed by atoms with Gasteiger partial charge in [-0.3, -0.25) is 14.9 Å². The third-order valence-corrected chi connectivity index (χ3v) is 2.65. The summed E-state index contributed by atoms with van der Waals surface area (Å²) in [6.45, 7) is 1.55. The number of carbonyl (C=O) groups is 1. The number of halogens is 1. The predicted molar refractivity (Wildman–Crippen MR) is 60.5 cm³/mol. The molecule has 0 aromatic heterocycles. The maximum absolute atomic E-state index is 11.0. The van der Waals surface area contributed by atoms with E-state index in [9.17, 15) is 14.9 Å². The van der Waals surface area contributed by atoms with Crippen LogP contribution < -0.4 is 0 Å². The fourth-order valence-electron chi connectivity index (χ4n) is 1.17. The zero-order valence-corrected chi connectivity index (χ0v) is 9.46. The molecule has 1 unspecified atom stereocenters. The first-order chi connectivity index (χ1) is 6.93. The molecule has 1 rings (SSSR count). The molecule has 1 aromatic carbocycles. The molecule has 4 nitrogen and oxygen atoms in total. The van der Waals surface area contributed by atoms with Crippen LogP contribution in [0.4, 0.5) is 5.69 Å². The highest BCUT2D eigenvalue weighted by Crippen LogP contribution is 2.30. The number of carbonyl (C=O) groups excluding carboxylic acids is 1. The van der Waals surface area contributed by atoms with E-state index >= 15 is 0 Å². The lowest BCUT2D eigenvalue weighted by Gasteiger charge is -2.08. The highest BCUT2D eigenvalue weighted by molar-refractivity contribution is 7.96. The van der Waals surface area contributed by atoms with E-state index in [0.717, 1.165) is 0 Å². The van der Waals surface area contributed by atoms with Crippen molar-refractivity contribution in [3.63, 3.8) is 0 Å². The summed E-state index contributed by atoms with van der Waals surface area (Å²) in [6, 6.07) is 4.11. The SMILES string of the molecule is CC(C(=O)S)c1cc(Cl)ccc1[N+](=O)[O-]. The lowest BCUT2D eigenvalue weighted by atomic mass is 10.0. The molecule has 0 heterocycles. The summed E-state index contributed by atoms with van der Waals surface area (Å²) in [6.07, 6.45) is 0. The maximum Gasteiger partial charge on any atom is 0.273 e. The van der Waals surface area contributed by atoms with Gasteiger partial charge >= 0.3 is 0 Å². The minimum Gasteiger partial charge on any atom is -0.287 e. The van der Waals surface area contributed by atoms with Gasteiger partial charge in [0.2, 0.25) is 0 Å². The summed E-state index contributed by atoms with van der Waals surface area (Å²) in [5.74, 6) is -0.646. The Morgan fingerprint density at radius 2 is 2.20 bits per heavy atom. The molecule has 0 bridgehead atoms. The van der Waals surface area contributed by atoms with Gasteiger partial charge in [0.15, 0.2) is 5.12 Å². The Hall–Kier alpha value is -1.07. The maximum atomic E-state index is 11.0. The van der Waals surface area contributed by atoms with Crippen molar-refractivity contribution in [1.29, 1.82) is 0 Å². The van der Waals surface area contributed by atoms with Crippen molar-refractivity contribution in [1.82, 2.24) is 0 Å². The van der Waals surface area contributed by atoms with Crippen LogP contribution in [-0.4, -0.2) is 10.0 Å². The van der Waals surface area contributed by atoms with Crippen LogP contribution >= 0.6 is 24.2 Å². The number of rotatable bonds is 3. The highest BCUT2D eigenvalue weighted by atomic mass is 35.5. The molecule has 0 aliphatic carbocycles. The second-order valence-electron chi connectivity index (χ2n) is 3.02. The van der Waals surface area contributed by atoms with E-state index in [0.29, 0.717) is 5.02 Å². The van der Waals surface area contributed by atoms with E-state index in [4.69, 9.17) is 11.6 Å². The summed E-state index contributed by atoms with van der Waals surface area (Å²) in [5, 5.41) is 10.6. The number of thiol groups is 1. The van der Waals surface area contributed by atoms with Crippen LogP contribution in [-0.2, 0) is 4.79 Å². The molecule has 1 aromatic rings. The van der Waals surface area contributed by atoms with Crippen molar-refractivity contribution < 1.29 is 9.72 Å². The fourth-order valence-corrected chi connectivity index (χ4v) is 1.49. The number of nitro benzene ring substituents is 1. The summed E-state index contributed by atoms with van der Waals surface area (Å²) in [5.41, 5.74) is 0.168. The zero-order valence-electron chi connectivity index (χ0n) is 7.81. The number of hydrogen-bond acceptors (Lipinski definition) is 3. The van der Waals surface area contributed by atoms with Gasteiger partial charge in [-0.15, -0.1) is 12.6 Å². The Balaban J connectivity index is 3.30. The van der Waals surface area contributed by atoms with Crippen molar-refractivity contribution in [2.75, 3.05) is 0 Å². The van der Waals surface area contributed by atoms with Crippen molar-refractivity contribution in [2.45, 2.75) is 12.8 Å². The molecule has 0 N–H and O–H groups in total. The van der Waals surface area contributed by atoms with Crippen LogP contribution in [0.25, 0.3) is 0 Å². The molecule has 15 heavy (non-hydrogen) atoms. The minimum absolute atomic E-state index is 0.116. The number of benzene rings is 1. The average Bonchev–Trinajstić information content (AvgIpc) is 2.15. The van der Waals surface area contributed by atoms with Gasteiger partial charge in [0.05, 0.1) is 10.8 Å². The lowest BCUT2D eigenvalue weighted by Crippen LogP contribution is -2.05. The molecule has 0 aliphatic heterocycles. The summed E-state index contributed by atoms with van der Waals surface area (Å²) in [7, 11) is 0. The molecule has 0 saturated carbocycles. The van der Waals surface area contributed by atoms with Crippen molar-refractivity contribution in [2.24, 2.45) is 0 Å². The van der Waals surface area contributed by atoms with Gasteiger partial charge in [-0.05, 0) is 12.1 Å². The number of hydrogen-bond donors (Lipinski definition) is 1. The molecule has 0 radical (unpaired) electrons. The van der Waals surface area contributed by atoms with Gasteiger partial charge in [-0.1, -0.05) is 18.5 Å². The van der Waals surface area contributed by atoms with Crippen LogP contribution in [0, 0.1) is 10.1 Å². The van der Waals surface area contributed by atoms with Crippen LogP contribution in [0.3, 0.4) is 0 Å². The molecule has 80 valence electrons. The zero-order chi connectivity index (χ0) is 11.6. The van der Waals surface area contributed by atoms with E-state index < -0.39 is 16.0 Å². The second-order valence-corrected chi connectivity index (χ2v) is 3.90. The first-order valence-corrected chi connectivity index (χ1v) is 4.92. The van der Waals surface area contributed by atoms with Gasteiger partial charge in [0, 0.05) is 16.7 Å². The molecule has 6 heteroatoms. The quantitative estimate of drug-likeness (QED) is 0.506. The Morgan fingerprint density at radius 3 is 2.67 bits per heavy atom. The summed E-state index contributed by atoms with van der Waals surface area (Å²) in [4.78, 5) is 21.2. The first-order valence-electron chi connectivity index (χ1n) is 4.10. The highest BCUT2D eigenvalue weighted by Gasteiger charge is 2.22. The largest absolute Gasteiger partial charge is 0.287 e.